The van der Waals surface area contributed by atoms with Gasteiger partial charge in [0.25, 0.3) is 0 Å². The van der Waals surface area contributed by atoms with Gasteiger partial charge in [0.05, 0.1) is 18.1 Å². The minimum absolute atomic E-state index is 0.101. The first-order valence-corrected chi connectivity index (χ1v) is 6.64. The minimum Gasteiger partial charge on any atom is -0.469 e. The maximum absolute atomic E-state index is 11.2. The van der Waals surface area contributed by atoms with Gasteiger partial charge < -0.3 is 20.4 Å². The quantitative estimate of drug-likeness (QED) is 0.551. The number of fused-ring (bicyclic) bond motifs is 1. The Bertz CT molecular complexity index is 644. The van der Waals surface area contributed by atoms with Crippen LogP contribution in [0.5, 0.6) is 0 Å². The summed E-state index contributed by atoms with van der Waals surface area (Å²) < 4.78 is 4.59. The highest BCUT2D eigenvalue weighted by Gasteiger charge is 2.08. The van der Waals surface area contributed by atoms with Crippen molar-refractivity contribution in [3.05, 3.63) is 34.2 Å². The molecule has 1 aromatic carbocycles. The molecule has 0 amide bonds. The molecule has 2 aromatic rings. The summed E-state index contributed by atoms with van der Waals surface area (Å²) in [5.74, 6) is -0.190. The van der Waals surface area contributed by atoms with E-state index >= 15 is 0 Å². The highest BCUT2D eigenvalue weighted by Crippen LogP contribution is 2.20. The fraction of sp³-hybridized carbons (Fsp3) is 0.429. The third-order valence-electron chi connectivity index (χ3n) is 3.34. The first-order valence-electron chi connectivity index (χ1n) is 6.64. The highest BCUT2D eigenvalue weighted by molar-refractivity contribution is 5.75. The van der Waals surface area contributed by atoms with Crippen molar-refractivity contribution in [2.75, 3.05) is 7.11 Å². The van der Waals surface area contributed by atoms with E-state index in [1.807, 2.05) is 18.2 Å². The molecule has 108 valence electrons. The summed E-state index contributed by atoms with van der Waals surface area (Å²) in [5, 5.41) is 0. The van der Waals surface area contributed by atoms with E-state index in [0.717, 1.165) is 35.9 Å². The molecule has 0 saturated heterocycles. The molecule has 0 aliphatic rings. The van der Waals surface area contributed by atoms with Crippen molar-refractivity contribution in [3.63, 3.8) is 0 Å². The van der Waals surface area contributed by atoms with E-state index in [1.165, 1.54) is 7.11 Å². The molecule has 1 heterocycles. The van der Waals surface area contributed by atoms with E-state index in [9.17, 15) is 9.59 Å². The molecule has 0 saturated carbocycles. The first kappa shape index (κ1) is 14.3. The second-order valence-corrected chi connectivity index (χ2v) is 4.81. The van der Waals surface area contributed by atoms with Crippen molar-refractivity contribution in [1.29, 1.82) is 0 Å². The lowest BCUT2D eigenvalue weighted by molar-refractivity contribution is -0.140. The molecule has 1 atom stereocenters. The number of aromatic amines is 2. The van der Waals surface area contributed by atoms with E-state index in [0.29, 0.717) is 6.42 Å². The molecule has 1 aromatic heterocycles. The molecule has 0 fully saturated rings. The molecule has 1 unspecified atom stereocenters. The van der Waals surface area contributed by atoms with Crippen LogP contribution in [-0.2, 0) is 9.53 Å². The summed E-state index contributed by atoms with van der Waals surface area (Å²) >= 11 is 0. The lowest BCUT2D eigenvalue weighted by atomic mass is 10.0. The zero-order valence-electron chi connectivity index (χ0n) is 11.4. The fourth-order valence-electron chi connectivity index (χ4n) is 2.18. The number of hydrogen-bond donors (Lipinski definition) is 3. The third-order valence-corrected chi connectivity index (χ3v) is 3.34. The van der Waals surface area contributed by atoms with Gasteiger partial charge in [0, 0.05) is 12.5 Å². The van der Waals surface area contributed by atoms with Crippen LogP contribution < -0.4 is 11.4 Å². The number of unbranched alkanes of at least 4 members (excludes halogenated alkanes) is 1. The van der Waals surface area contributed by atoms with Crippen LogP contribution in [0.3, 0.4) is 0 Å². The number of imidazole rings is 1. The summed E-state index contributed by atoms with van der Waals surface area (Å²) in [6, 6.07) is 5.54. The van der Waals surface area contributed by atoms with E-state index in [2.05, 4.69) is 14.7 Å². The lowest BCUT2D eigenvalue weighted by Crippen LogP contribution is -2.10. The molecular weight excluding hydrogens is 258 g/mol. The topological polar surface area (TPSA) is 101 Å². The van der Waals surface area contributed by atoms with Crippen LogP contribution in [-0.4, -0.2) is 23.0 Å². The largest absolute Gasteiger partial charge is 0.469 e. The third kappa shape index (κ3) is 3.48. The number of nitrogens with one attached hydrogen (secondary N) is 2. The number of benzene rings is 1. The van der Waals surface area contributed by atoms with Crippen LogP contribution >= 0.6 is 0 Å². The summed E-state index contributed by atoms with van der Waals surface area (Å²) in [6.07, 6.45) is 2.84. The number of aromatic nitrogens is 2. The molecule has 0 aliphatic carbocycles. The number of ether oxygens (including phenoxy) is 1. The number of esters is 1. The Labute approximate surface area is 116 Å². The second kappa shape index (κ2) is 6.38. The van der Waals surface area contributed by atoms with Gasteiger partial charge in [-0.15, -0.1) is 0 Å². The van der Waals surface area contributed by atoms with Crippen molar-refractivity contribution in [2.24, 2.45) is 5.73 Å². The van der Waals surface area contributed by atoms with Gasteiger partial charge in [-0.1, -0.05) is 12.5 Å². The molecular formula is C14H19N3O3. The molecule has 6 nitrogen and oxygen atoms in total. The van der Waals surface area contributed by atoms with E-state index in [4.69, 9.17) is 5.73 Å². The highest BCUT2D eigenvalue weighted by atomic mass is 16.5. The number of rotatable bonds is 6. The number of carbonyl (C=O) groups is 1. The molecule has 2 rings (SSSR count). The van der Waals surface area contributed by atoms with Gasteiger partial charge in [0.1, 0.15) is 0 Å². The van der Waals surface area contributed by atoms with E-state index in [1.54, 1.807) is 0 Å². The predicted octanol–water partition coefficient (Wildman–Crippen LogP) is 1.59. The van der Waals surface area contributed by atoms with Gasteiger partial charge in [0.2, 0.25) is 0 Å². The monoisotopic (exact) mass is 277 g/mol. The Hall–Kier alpha value is -2.08. The average molecular weight is 277 g/mol. The van der Waals surface area contributed by atoms with Crippen LogP contribution in [0.15, 0.2) is 23.0 Å². The number of hydrogen-bond acceptors (Lipinski definition) is 4. The maximum atomic E-state index is 11.2. The Morgan fingerprint density at radius 1 is 1.30 bits per heavy atom. The van der Waals surface area contributed by atoms with Crippen molar-refractivity contribution in [1.82, 2.24) is 9.97 Å². The smallest absolute Gasteiger partial charge is 0.323 e. The second-order valence-electron chi connectivity index (χ2n) is 4.81. The lowest BCUT2D eigenvalue weighted by Gasteiger charge is -2.11. The number of carbonyl (C=O) groups excluding carboxylic acids is 1. The van der Waals surface area contributed by atoms with E-state index < -0.39 is 0 Å². The normalized spacial score (nSPS) is 12.5. The summed E-state index contributed by atoms with van der Waals surface area (Å²) in [6.45, 7) is 0. The van der Waals surface area contributed by atoms with Crippen molar-refractivity contribution in [3.8, 4) is 0 Å². The Morgan fingerprint density at radius 2 is 2.05 bits per heavy atom. The van der Waals surface area contributed by atoms with Gasteiger partial charge in [-0.2, -0.15) is 0 Å². The molecule has 0 spiro atoms. The van der Waals surface area contributed by atoms with Gasteiger partial charge in [-0.3, -0.25) is 4.79 Å². The van der Waals surface area contributed by atoms with Gasteiger partial charge in [0.15, 0.2) is 0 Å². The van der Waals surface area contributed by atoms with Crippen LogP contribution in [0.25, 0.3) is 11.0 Å². The number of nitrogens with two attached hydrogens (primary N) is 1. The molecule has 0 bridgehead atoms. The zero-order valence-corrected chi connectivity index (χ0v) is 11.4. The van der Waals surface area contributed by atoms with Gasteiger partial charge in [-0.05, 0) is 30.5 Å². The molecule has 0 radical (unpaired) electrons. The Morgan fingerprint density at radius 3 is 2.80 bits per heavy atom. The van der Waals surface area contributed by atoms with E-state index in [-0.39, 0.29) is 17.7 Å². The Balaban J connectivity index is 1.91. The SMILES string of the molecule is COC(=O)CCCCC(N)c1ccc2[nH]c(=O)[nH]c2c1. The standard InChI is InChI=1S/C14H19N3O3/c1-20-13(18)5-3-2-4-10(15)9-6-7-11-12(8-9)17-14(19)16-11/h6-8,10H,2-5,15H2,1H3,(H2,16,17,19). The van der Waals surface area contributed by atoms with Crippen LogP contribution in [0.4, 0.5) is 0 Å². The first-order chi connectivity index (χ1) is 9.60. The van der Waals surface area contributed by atoms with Crippen molar-refractivity contribution in [2.45, 2.75) is 31.7 Å². The van der Waals surface area contributed by atoms with Crippen molar-refractivity contribution < 1.29 is 9.53 Å². The molecule has 20 heavy (non-hydrogen) atoms. The van der Waals surface area contributed by atoms with Crippen molar-refractivity contribution >= 4 is 17.0 Å². The molecule has 0 aliphatic heterocycles. The minimum atomic E-state index is -0.219. The number of methoxy groups -OCH3 is 1. The van der Waals surface area contributed by atoms with Crippen LogP contribution in [0, 0.1) is 0 Å². The summed E-state index contributed by atoms with van der Waals surface area (Å²) in [5.41, 5.74) is 8.42. The number of H-pyrrole nitrogens is 2. The zero-order chi connectivity index (χ0) is 14.5. The average Bonchev–Trinajstić information content (AvgIpc) is 2.81. The molecule has 6 heteroatoms. The van der Waals surface area contributed by atoms with Crippen LogP contribution in [0.2, 0.25) is 0 Å². The molecule has 4 N–H and O–H groups in total. The maximum Gasteiger partial charge on any atom is 0.323 e. The fourth-order valence-corrected chi connectivity index (χ4v) is 2.18. The summed E-state index contributed by atoms with van der Waals surface area (Å²) in [7, 11) is 1.39. The van der Waals surface area contributed by atoms with Crippen LogP contribution in [0.1, 0.15) is 37.3 Å². The van der Waals surface area contributed by atoms with Gasteiger partial charge >= 0.3 is 11.7 Å². The summed E-state index contributed by atoms with van der Waals surface area (Å²) in [4.78, 5) is 27.6. The predicted molar refractivity (Wildman–Crippen MR) is 76.3 cm³/mol. The van der Waals surface area contributed by atoms with Gasteiger partial charge in [-0.25, -0.2) is 4.79 Å². The Kier molecular flexibility index (Phi) is 4.57.